The molecule has 0 aliphatic rings. The van der Waals surface area contributed by atoms with Gasteiger partial charge in [0.2, 0.25) is 0 Å². The Morgan fingerprint density at radius 2 is 2.14 bits per heavy atom. The minimum atomic E-state index is -0.397. The number of ether oxygens (including phenoxy) is 1. The number of amides is 1. The summed E-state index contributed by atoms with van der Waals surface area (Å²) in [6, 6.07) is 11.3. The Hall–Kier alpha value is -3.30. The number of benzene rings is 1. The van der Waals surface area contributed by atoms with E-state index in [4.69, 9.17) is 9.26 Å². The van der Waals surface area contributed by atoms with Crippen LogP contribution in [0.25, 0.3) is 22.0 Å². The van der Waals surface area contributed by atoms with Crippen molar-refractivity contribution in [3.63, 3.8) is 0 Å². The predicted molar refractivity (Wildman–Crippen MR) is 105 cm³/mol. The second kappa shape index (κ2) is 7.75. The maximum atomic E-state index is 12.5. The minimum Gasteiger partial charge on any atom is -0.377 e. The number of imidazole rings is 1. The number of rotatable bonds is 6. The summed E-state index contributed by atoms with van der Waals surface area (Å²) >= 11 is 1.36. The molecule has 28 heavy (non-hydrogen) atoms. The molecule has 0 atom stereocenters. The number of nitrogens with one attached hydrogen (secondary N) is 1. The molecule has 0 saturated carbocycles. The fourth-order valence-corrected chi connectivity index (χ4v) is 3.71. The third kappa shape index (κ3) is 3.57. The van der Waals surface area contributed by atoms with E-state index in [9.17, 15) is 4.79 Å². The molecule has 8 nitrogen and oxygen atoms in total. The Morgan fingerprint density at radius 1 is 1.32 bits per heavy atom. The number of carbonyl (C=O) groups is 1. The van der Waals surface area contributed by atoms with Crippen molar-refractivity contribution in [2.24, 2.45) is 7.05 Å². The van der Waals surface area contributed by atoms with E-state index in [1.54, 1.807) is 19.4 Å². The molecule has 0 bridgehead atoms. The highest BCUT2D eigenvalue weighted by molar-refractivity contribution is 7.19. The van der Waals surface area contributed by atoms with Gasteiger partial charge < -0.3 is 13.8 Å². The van der Waals surface area contributed by atoms with Crippen LogP contribution >= 0.6 is 11.3 Å². The largest absolute Gasteiger partial charge is 0.377 e. The molecule has 3 aromatic heterocycles. The van der Waals surface area contributed by atoms with Crippen molar-refractivity contribution in [1.82, 2.24) is 19.7 Å². The maximum Gasteiger partial charge on any atom is 0.279 e. The molecule has 142 valence electrons. The molecule has 1 aromatic carbocycles. The fraction of sp³-hybridized carbons (Fsp3) is 0.158. The number of methoxy groups -OCH3 is 1. The zero-order valence-electron chi connectivity index (χ0n) is 15.2. The van der Waals surface area contributed by atoms with Gasteiger partial charge in [0.25, 0.3) is 5.91 Å². The molecule has 0 fully saturated rings. The molecular weight excluding hydrogens is 378 g/mol. The first-order valence-electron chi connectivity index (χ1n) is 8.45. The van der Waals surface area contributed by atoms with Crippen LogP contribution in [-0.4, -0.2) is 32.7 Å². The van der Waals surface area contributed by atoms with Crippen LogP contribution in [0.2, 0.25) is 0 Å². The smallest absolute Gasteiger partial charge is 0.279 e. The standard InChI is InChI=1S/C19H17N5O3S/c1-24-9-8-20-17(24)16-15(12-6-4-3-5-7-12)21-19(28-16)22-18(25)14-10-13(11-26-2)27-23-14/h3-10H,11H2,1-2H3,(H,21,22,25). The molecular formula is C19H17N5O3S. The predicted octanol–water partition coefficient (Wildman–Crippen LogP) is 3.60. The highest BCUT2D eigenvalue weighted by Crippen LogP contribution is 2.38. The first-order valence-corrected chi connectivity index (χ1v) is 9.27. The second-order valence-electron chi connectivity index (χ2n) is 5.99. The van der Waals surface area contributed by atoms with E-state index in [1.165, 1.54) is 11.3 Å². The summed E-state index contributed by atoms with van der Waals surface area (Å²) < 4.78 is 12.0. The number of nitrogens with zero attached hydrogens (tertiary/aromatic N) is 4. The molecule has 4 rings (SSSR count). The van der Waals surface area contributed by atoms with Gasteiger partial charge in [-0.15, -0.1) is 0 Å². The zero-order chi connectivity index (χ0) is 19.5. The van der Waals surface area contributed by atoms with Crippen molar-refractivity contribution in [3.8, 4) is 22.0 Å². The van der Waals surface area contributed by atoms with Gasteiger partial charge >= 0.3 is 0 Å². The molecule has 0 aliphatic carbocycles. The number of aryl methyl sites for hydroxylation is 1. The van der Waals surface area contributed by atoms with Crippen molar-refractivity contribution in [2.75, 3.05) is 12.4 Å². The Kier molecular flexibility index (Phi) is 5.00. The summed E-state index contributed by atoms with van der Waals surface area (Å²) in [6.45, 7) is 0.249. The Balaban J connectivity index is 1.67. The van der Waals surface area contributed by atoms with Gasteiger partial charge in [-0.3, -0.25) is 10.1 Å². The van der Waals surface area contributed by atoms with Crippen LogP contribution in [-0.2, 0) is 18.4 Å². The normalized spacial score (nSPS) is 10.9. The van der Waals surface area contributed by atoms with Crippen molar-refractivity contribution in [3.05, 3.63) is 60.2 Å². The van der Waals surface area contributed by atoms with Gasteiger partial charge in [0, 0.05) is 38.2 Å². The molecule has 0 radical (unpaired) electrons. The zero-order valence-corrected chi connectivity index (χ0v) is 16.1. The van der Waals surface area contributed by atoms with Crippen LogP contribution < -0.4 is 5.32 Å². The van der Waals surface area contributed by atoms with Crippen LogP contribution in [0.3, 0.4) is 0 Å². The van der Waals surface area contributed by atoms with E-state index < -0.39 is 5.91 Å². The lowest BCUT2D eigenvalue weighted by atomic mass is 10.1. The van der Waals surface area contributed by atoms with E-state index >= 15 is 0 Å². The van der Waals surface area contributed by atoms with E-state index in [-0.39, 0.29) is 12.3 Å². The van der Waals surface area contributed by atoms with Crippen LogP contribution in [0.1, 0.15) is 16.2 Å². The highest BCUT2D eigenvalue weighted by atomic mass is 32.1. The van der Waals surface area contributed by atoms with Gasteiger partial charge in [0.1, 0.15) is 6.61 Å². The lowest BCUT2D eigenvalue weighted by molar-refractivity contribution is 0.101. The molecule has 1 amide bonds. The number of hydrogen-bond acceptors (Lipinski definition) is 7. The van der Waals surface area contributed by atoms with E-state index in [2.05, 4.69) is 20.4 Å². The van der Waals surface area contributed by atoms with Crippen LogP contribution in [0.15, 0.2) is 53.3 Å². The SMILES string of the molecule is COCc1cc(C(=O)Nc2nc(-c3ccccc3)c(-c3nccn3C)s2)no1. The Bertz CT molecular complexity index is 1100. The van der Waals surface area contributed by atoms with Gasteiger partial charge in [0.15, 0.2) is 22.4 Å². The first kappa shape index (κ1) is 18.1. The number of carbonyl (C=O) groups excluding carboxylic acids is 1. The van der Waals surface area contributed by atoms with Gasteiger partial charge in [-0.1, -0.05) is 46.8 Å². The summed E-state index contributed by atoms with van der Waals surface area (Å²) in [5, 5.41) is 7.03. The van der Waals surface area contributed by atoms with Crippen LogP contribution in [0, 0.1) is 0 Å². The summed E-state index contributed by atoms with van der Waals surface area (Å²) in [6.07, 6.45) is 3.60. The summed E-state index contributed by atoms with van der Waals surface area (Å²) in [5.74, 6) is 0.858. The van der Waals surface area contributed by atoms with Gasteiger partial charge in [-0.2, -0.15) is 0 Å². The monoisotopic (exact) mass is 395 g/mol. The third-order valence-corrected chi connectivity index (χ3v) is 4.96. The lowest BCUT2D eigenvalue weighted by Gasteiger charge is -2.02. The quantitative estimate of drug-likeness (QED) is 0.536. The second-order valence-corrected chi connectivity index (χ2v) is 6.99. The molecule has 1 N–H and O–H groups in total. The summed E-state index contributed by atoms with van der Waals surface area (Å²) in [5.41, 5.74) is 1.87. The van der Waals surface area contributed by atoms with Crippen LogP contribution in [0.5, 0.6) is 0 Å². The average Bonchev–Trinajstić information content (AvgIpc) is 3.42. The molecule has 9 heteroatoms. The fourth-order valence-electron chi connectivity index (χ4n) is 2.69. The van der Waals surface area contributed by atoms with Gasteiger partial charge in [-0.05, 0) is 0 Å². The van der Waals surface area contributed by atoms with E-state index in [1.807, 2.05) is 48.1 Å². The minimum absolute atomic E-state index is 0.169. The van der Waals surface area contributed by atoms with Crippen LogP contribution in [0.4, 0.5) is 5.13 Å². The number of aromatic nitrogens is 4. The molecule has 0 saturated heterocycles. The van der Waals surface area contributed by atoms with E-state index in [0.29, 0.717) is 10.9 Å². The summed E-state index contributed by atoms with van der Waals surface area (Å²) in [7, 11) is 3.46. The van der Waals surface area contributed by atoms with Crippen molar-refractivity contribution in [1.29, 1.82) is 0 Å². The molecule has 0 spiro atoms. The highest BCUT2D eigenvalue weighted by Gasteiger charge is 2.20. The summed E-state index contributed by atoms with van der Waals surface area (Å²) in [4.78, 5) is 22.4. The Morgan fingerprint density at radius 3 is 2.86 bits per heavy atom. The molecule has 0 unspecified atom stereocenters. The number of anilines is 1. The third-order valence-electron chi connectivity index (χ3n) is 4.00. The number of thiazole rings is 1. The first-order chi connectivity index (χ1) is 13.7. The Labute approximate surface area is 164 Å². The average molecular weight is 395 g/mol. The van der Waals surface area contributed by atoms with E-state index in [0.717, 1.165) is 22.0 Å². The molecule has 0 aliphatic heterocycles. The van der Waals surface area contributed by atoms with Crippen molar-refractivity contribution < 1.29 is 14.1 Å². The van der Waals surface area contributed by atoms with Gasteiger partial charge in [-0.25, -0.2) is 9.97 Å². The molecule has 3 heterocycles. The van der Waals surface area contributed by atoms with Gasteiger partial charge in [0.05, 0.1) is 10.6 Å². The maximum absolute atomic E-state index is 12.5. The number of hydrogen-bond donors (Lipinski definition) is 1. The molecule has 4 aromatic rings. The van der Waals surface area contributed by atoms with Crippen molar-refractivity contribution >= 4 is 22.4 Å². The van der Waals surface area contributed by atoms with Crippen molar-refractivity contribution in [2.45, 2.75) is 6.61 Å². The lowest BCUT2D eigenvalue weighted by Crippen LogP contribution is -2.11. The topological polar surface area (TPSA) is 95.1 Å².